The second kappa shape index (κ2) is 7.63. The average molecular weight is 231 g/mol. The lowest BCUT2D eigenvalue weighted by atomic mass is 10.0. The molecule has 0 spiro atoms. The summed E-state index contributed by atoms with van der Waals surface area (Å²) in [5.74, 6) is -0.292. The van der Waals surface area contributed by atoms with Gasteiger partial charge in [0.05, 0.1) is 13.2 Å². The van der Waals surface area contributed by atoms with Crippen molar-refractivity contribution in [3.05, 3.63) is 0 Å². The van der Waals surface area contributed by atoms with Crippen molar-refractivity contribution in [2.24, 2.45) is 0 Å². The fourth-order valence-corrected chi connectivity index (χ4v) is 1.13. The molecule has 0 N–H and O–H groups in total. The summed E-state index contributed by atoms with van der Waals surface area (Å²) in [5, 5.41) is 0. The van der Waals surface area contributed by atoms with Gasteiger partial charge >= 0.3 is 5.97 Å². The number of rotatable bonds is 8. The number of carbonyl (C=O) groups is 1. The molecule has 4 heteroatoms. The lowest BCUT2D eigenvalue weighted by Crippen LogP contribution is -2.42. The molecule has 0 radical (unpaired) electrons. The second-order valence-corrected chi connectivity index (χ2v) is 4.45. The summed E-state index contributed by atoms with van der Waals surface area (Å²) in [6.45, 7) is 10.2. The van der Waals surface area contributed by atoms with E-state index in [0.717, 1.165) is 13.0 Å². The minimum atomic E-state index is -0.292. The van der Waals surface area contributed by atoms with Gasteiger partial charge in [-0.3, -0.25) is 4.90 Å². The predicted octanol–water partition coefficient (Wildman–Crippen LogP) is 1.69. The highest BCUT2D eigenvalue weighted by Crippen LogP contribution is 2.15. The van der Waals surface area contributed by atoms with Gasteiger partial charge in [0.15, 0.2) is 0 Å². The van der Waals surface area contributed by atoms with Gasteiger partial charge in [-0.15, -0.1) is 0 Å². The topological polar surface area (TPSA) is 38.8 Å². The molecule has 0 aliphatic rings. The normalized spacial score (nSPS) is 11.9. The van der Waals surface area contributed by atoms with Gasteiger partial charge in [0.1, 0.15) is 6.61 Å². The van der Waals surface area contributed by atoms with Crippen LogP contribution in [0.15, 0.2) is 0 Å². The molecule has 0 rings (SSSR count). The Bertz CT molecular complexity index is 204. The van der Waals surface area contributed by atoms with E-state index in [1.165, 1.54) is 0 Å². The first-order valence-corrected chi connectivity index (χ1v) is 5.88. The van der Waals surface area contributed by atoms with Crippen LogP contribution in [0, 0.1) is 0 Å². The highest BCUT2D eigenvalue weighted by molar-refractivity contribution is 5.70. The Balaban J connectivity index is 3.63. The standard InChI is InChI=1S/C12H25NO3/c1-6-12(3,4)13(5)8-9-15-10-11(14)16-7-2/h6-10H2,1-5H3. The summed E-state index contributed by atoms with van der Waals surface area (Å²) in [5.41, 5.74) is 0.174. The van der Waals surface area contributed by atoms with Crippen LogP contribution in [0.25, 0.3) is 0 Å². The van der Waals surface area contributed by atoms with Gasteiger partial charge < -0.3 is 9.47 Å². The highest BCUT2D eigenvalue weighted by atomic mass is 16.6. The van der Waals surface area contributed by atoms with E-state index in [-0.39, 0.29) is 18.1 Å². The number of hydrogen-bond donors (Lipinski definition) is 0. The van der Waals surface area contributed by atoms with E-state index < -0.39 is 0 Å². The highest BCUT2D eigenvalue weighted by Gasteiger charge is 2.20. The molecule has 0 aliphatic heterocycles. The molecule has 0 fully saturated rings. The Morgan fingerprint density at radius 2 is 1.94 bits per heavy atom. The molecule has 0 saturated heterocycles. The van der Waals surface area contributed by atoms with Crippen LogP contribution >= 0.6 is 0 Å². The molecule has 16 heavy (non-hydrogen) atoms. The van der Waals surface area contributed by atoms with Gasteiger partial charge in [-0.1, -0.05) is 6.92 Å². The first kappa shape index (κ1) is 15.4. The van der Waals surface area contributed by atoms with Gasteiger partial charge in [-0.2, -0.15) is 0 Å². The van der Waals surface area contributed by atoms with Crippen LogP contribution in [0.4, 0.5) is 0 Å². The first-order valence-electron chi connectivity index (χ1n) is 5.88. The Hall–Kier alpha value is -0.610. The quantitative estimate of drug-likeness (QED) is 0.471. The van der Waals surface area contributed by atoms with E-state index in [9.17, 15) is 4.79 Å². The maximum absolute atomic E-state index is 11.0. The van der Waals surface area contributed by atoms with E-state index in [0.29, 0.717) is 13.2 Å². The zero-order valence-electron chi connectivity index (χ0n) is 11.2. The van der Waals surface area contributed by atoms with Gasteiger partial charge in [-0.05, 0) is 34.2 Å². The van der Waals surface area contributed by atoms with Crippen molar-refractivity contribution in [3.63, 3.8) is 0 Å². The van der Waals surface area contributed by atoms with E-state index in [2.05, 4.69) is 32.7 Å². The summed E-state index contributed by atoms with van der Waals surface area (Å²) in [6.07, 6.45) is 1.08. The van der Waals surface area contributed by atoms with Crippen molar-refractivity contribution in [1.29, 1.82) is 0 Å². The molecule has 0 aliphatic carbocycles. The maximum atomic E-state index is 11.0. The van der Waals surface area contributed by atoms with E-state index >= 15 is 0 Å². The van der Waals surface area contributed by atoms with Crippen LogP contribution in [0.2, 0.25) is 0 Å². The van der Waals surface area contributed by atoms with Crippen molar-refractivity contribution in [3.8, 4) is 0 Å². The molecular formula is C12H25NO3. The van der Waals surface area contributed by atoms with Crippen LogP contribution in [0.3, 0.4) is 0 Å². The fourth-order valence-electron chi connectivity index (χ4n) is 1.13. The van der Waals surface area contributed by atoms with Crippen molar-refractivity contribution in [2.45, 2.75) is 39.7 Å². The SMILES string of the molecule is CCOC(=O)COCCN(C)C(C)(C)CC. The number of esters is 1. The number of nitrogens with zero attached hydrogens (tertiary/aromatic N) is 1. The van der Waals surface area contributed by atoms with Gasteiger partial charge in [-0.25, -0.2) is 4.79 Å². The molecule has 0 saturated carbocycles. The smallest absolute Gasteiger partial charge is 0.332 e. The van der Waals surface area contributed by atoms with Crippen LogP contribution in [0.5, 0.6) is 0 Å². The maximum Gasteiger partial charge on any atom is 0.332 e. The summed E-state index contributed by atoms with van der Waals surface area (Å²) >= 11 is 0. The molecule has 0 aromatic rings. The molecule has 0 heterocycles. The Kier molecular flexibility index (Phi) is 7.34. The Morgan fingerprint density at radius 3 is 2.44 bits per heavy atom. The molecule has 4 nitrogen and oxygen atoms in total. The van der Waals surface area contributed by atoms with Crippen molar-refractivity contribution >= 4 is 5.97 Å². The Morgan fingerprint density at radius 1 is 1.31 bits per heavy atom. The van der Waals surface area contributed by atoms with Crippen LogP contribution in [-0.2, 0) is 14.3 Å². The molecule has 96 valence electrons. The van der Waals surface area contributed by atoms with E-state index in [1.807, 2.05) is 0 Å². The van der Waals surface area contributed by atoms with Gasteiger partial charge in [0, 0.05) is 12.1 Å². The Labute approximate surface area is 98.9 Å². The number of likely N-dealkylation sites (N-methyl/N-ethyl adjacent to an activating group) is 1. The minimum Gasteiger partial charge on any atom is -0.464 e. The third kappa shape index (κ3) is 6.08. The van der Waals surface area contributed by atoms with Crippen LogP contribution < -0.4 is 0 Å². The summed E-state index contributed by atoms with van der Waals surface area (Å²) in [4.78, 5) is 13.2. The summed E-state index contributed by atoms with van der Waals surface area (Å²) in [7, 11) is 2.07. The molecule has 0 amide bonds. The van der Waals surface area contributed by atoms with E-state index in [1.54, 1.807) is 6.92 Å². The van der Waals surface area contributed by atoms with Gasteiger partial charge in [0.25, 0.3) is 0 Å². The predicted molar refractivity (Wildman–Crippen MR) is 64.5 cm³/mol. The molecule has 0 unspecified atom stereocenters. The molecule has 0 atom stereocenters. The fraction of sp³-hybridized carbons (Fsp3) is 0.917. The van der Waals surface area contributed by atoms with Crippen molar-refractivity contribution in [1.82, 2.24) is 4.90 Å². The zero-order valence-corrected chi connectivity index (χ0v) is 11.2. The van der Waals surface area contributed by atoms with Crippen molar-refractivity contribution < 1.29 is 14.3 Å². The molecular weight excluding hydrogens is 206 g/mol. The third-order valence-electron chi connectivity index (χ3n) is 2.99. The number of hydrogen-bond acceptors (Lipinski definition) is 4. The molecule has 0 aromatic heterocycles. The third-order valence-corrected chi connectivity index (χ3v) is 2.99. The zero-order chi connectivity index (χ0) is 12.6. The van der Waals surface area contributed by atoms with Crippen LogP contribution in [0.1, 0.15) is 34.1 Å². The minimum absolute atomic E-state index is 0.0498. The van der Waals surface area contributed by atoms with E-state index in [4.69, 9.17) is 9.47 Å². The monoisotopic (exact) mass is 231 g/mol. The summed E-state index contributed by atoms with van der Waals surface area (Å²) < 4.78 is 10.0. The molecule has 0 bridgehead atoms. The summed E-state index contributed by atoms with van der Waals surface area (Å²) in [6, 6.07) is 0. The lowest BCUT2D eigenvalue weighted by molar-refractivity contribution is -0.148. The van der Waals surface area contributed by atoms with Crippen LogP contribution in [-0.4, -0.2) is 49.8 Å². The average Bonchev–Trinajstić information content (AvgIpc) is 2.24. The molecule has 0 aromatic carbocycles. The lowest BCUT2D eigenvalue weighted by Gasteiger charge is -2.34. The van der Waals surface area contributed by atoms with Gasteiger partial charge in [0.2, 0.25) is 0 Å². The first-order chi connectivity index (χ1) is 7.44. The second-order valence-electron chi connectivity index (χ2n) is 4.45. The van der Waals surface area contributed by atoms with Crippen molar-refractivity contribution in [2.75, 3.05) is 33.4 Å². The number of ether oxygens (including phenoxy) is 2. The number of carbonyl (C=O) groups excluding carboxylic acids is 1. The largest absolute Gasteiger partial charge is 0.464 e.